The first kappa shape index (κ1) is 23.7. The lowest BCUT2D eigenvalue weighted by molar-refractivity contribution is 0.0692. The summed E-state index contributed by atoms with van der Waals surface area (Å²) in [6.07, 6.45) is 4.35. The molecule has 9 nitrogen and oxygen atoms in total. The Kier molecular flexibility index (Phi) is 6.26. The lowest BCUT2D eigenvalue weighted by atomic mass is 10.0. The van der Waals surface area contributed by atoms with Crippen LogP contribution in [0.2, 0.25) is 0 Å². The number of fused-ring (bicyclic) bond motifs is 3. The summed E-state index contributed by atoms with van der Waals surface area (Å²) in [6.45, 7) is 1.95. The molecule has 0 amide bonds. The number of nitrogens with one attached hydrogen (secondary N) is 2. The number of aliphatic hydroxyl groups excluding tert-OH is 1. The van der Waals surface area contributed by atoms with E-state index in [0.717, 1.165) is 30.2 Å². The molecule has 2 fully saturated rings. The van der Waals surface area contributed by atoms with Crippen LogP contribution < -0.4 is 14.9 Å². The zero-order valence-corrected chi connectivity index (χ0v) is 19.6. The largest absolute Gasteiger partial charge is 0.492 e. The maximum Gasteiger partial charge on any atom is 0.341 e. The molecule has 2 aromatic rings. The number of hydrazine groups is 1. The number of sulfonamides is 1. The molecular formula is C24H26FN3O6S. The molecular weight excluding hydrogens is 477 g/mol. The van der Waals surface area contributed by atoms with Crippen LogP contribution in [0.4, 0.5) is 10.1 Å². The van der Waals surface area contributed by atoms with E-state index in [1.165, 1.54) is 12.1 Å². The average Bonchev–Trinajstić information content (AvgIpc) is 3.49. The molecule has 2 aliphatic heterocycles. The molecule has 2 unspecified atom stereocenters. The number of aliphatic hydroxyl groups is 1. The summed E-state index contributed by atoms with van der Waals surface area (Å²) in [5.41, 5.74) is 3.66. The number of hydrogen-bond acceptors (Lipinski definition) is 7. The lowest BCUT2D eigenvalue weighted by Gasteiger charge is -2.21. The molecule has 186 valence electrons. The van der Waals surface area contributed by atoms with Crippen molar-refractivity contribution in [3.8, 4) is 5.75 Å². The number of benzene rings is 2. The van der Waals surface area contributed by atoms with Gasteiger partial charge >= 0.3 is 5.97 Å². The second kappa shape index (κ2) is 9.23. The molecule has 3 aliphatic rings. The van der Waals surface area contributed by atoms with Crippen LogP contribution in [0.5, 0.6) is 5.75 Å². The number of carbonyl (C=O) groups is 1. The van der Waals surface area contributed by atoms with Crippen molar-refractivity contribution in [2.24, 2.45) is 5.92 Å². The molecule has 0 radical (unpaired) electrons. The van der Waals surface area contributed by atoms with Gasteiger partial charge in [0.15, 0.2) is 0 Å². The quantitative estimate of drug-likeness (QED) is 0.433. The van der Waals surface area contributed by atoms with E-state index in [-0.39, 0.29) is 39.5 Å². The maximum absolute atomic E-state index is 14.0. The number of halogens is 1. The van der Waals surface area contributed by atoms with Crippen LogP contribution in [0, 0.1) is 11.7 Å². The number of hydrogen-bond donors (Lipinski definition) is 4. The van der Waals surface area contributed by atoms with Gasteiger partial charge in [-0.2, -0.15) is 0 Å². The highest BCUT2D eigenvalue weighted by Crippen LogP contribution is 2.55. The van der Waals surface area contributed by atoms with Crippen molar-refractivity contribution >= 4 is 27.8 Å². The fourth-order valence-electron chi connectivity index (χ4n) is 4.69. The third kappa shape index (κ3) is 4.90. The van der Waals surface area contributed by atoms with Crippen LogP contribution in [0.3, 0.4) is 0 Å². The highest BCUT2D eigenvalue weighted by atomic mass is 32.2. The second-order valence-electron chi connectivity index (χ2n) is 9.07. The Morgan fingerprint density at radius 1 is 1.29 bits per heavy atom. The van der Waals surface area contributed by atoms with Gasteiger partial charge in [0.2, 0.25) is 0 Å². The third-order valence-electron chi connectivity index (χ3n) is 6.57. The normalized spacial score (nSPS) is 23.5. The molecule has 0 aromatic heterocycles. The molecule has 1 aliphatic carbocycles. The van der Waals surface area contributed by atoms with E-state index in [9.17, 15) is 27.8 Å². The number of β-amino-alcohol motifs (C(OH)–C–C–N with tert-alkyl or cyclic N) is 1. The standard InChI is InChI=1S/C24H26FN3O6S/c25-16-3-6-21(14(10-16)2-1-8-26-28-9-7-17(29)12-28)35(32,33)27-20-5-4-18-19-11-15(19)13-34-23(18)22(20)24(30)31/h1-6,10,15,17,19,26-27,29H,7-9,11-13H2,(H,30,31)/b2-1-/t15?,17-,19?/m0/s1. The Morgan fingerprint density at radius 2 is 2.11 bits per heavy atom. The minimum Gasteiger partial charge on any atom is -0.492 e. The summed E-state index contributed by atoms with van der Waals surface area (Å²) in [6, 6.07) is 6.43. The molecule has 5 rings (SSSR count). The Balaban J connectivity index is 1.39. The molecule has 4 N–H and O–H groups in total. The average molecular weight is 504 g/mol. The summed E-state index contributed by atoms with van der Waals surface area (Å²) in [5, 5.41) is 21.3. The van der Waals surface area contributed by atoms with Gasteiger partial charge in [0.05, 0.1) is 23.3 Å². The molecule has 2 aromatic carbocycles. The second-order valence-corrected chi connectivity index (χ2v) is 10.7. The van der Waals surface area contributed by atoms with Gasteiger partial charge in [-0.05, 0) is 54.2 Å². The van der Waals surface area contributed by atoms with Gasteiger partial charge in [0.25, 0.3) is 10.0 Å². The summed E-state index contributed by atoms with van der Waals surface area (Å²) in [5.74, 6) is -1.07. The smallest absolute Gasteiger partial charge is 0.341 e. The fraction of sp³-hybridized carbons (Fsp3) is 0.375. The number of carboxylic acids is 1. The number of nitrogens with zero attached hydrogens (tertiary/aromatic N) is 1. The van der Waals surface area contributed by atoms with Gasteiger partial charge in [-0.1, -0.05) is 18.2 Å². The van der Waals surface area contributed by atoms with Crippen molar-refractivity contribution in [1.82, 2.24) is 10.4 Å². The summed E-state index contributed by atoms with van der Waals surface area (Å²) in [4.78, 5) is 11.9. The summed E-state index contributed by atoms with van der Waals surface area (Å²) in [7, 11) is -4.26. The predicted molar refractivity (Wildman–Crippen MR) is 126 cm³/mol. The number of carboxylic acid groups (broad SMARTS) is 1. The van der Waals surface area contributed by atoms with E-state index in [4.69, 9.17) is 4.74 Å². The van der Waals surface area contributed by atoms with Crippen molar-refractivity contribution in [1.29, 1.82) is 0 Å². The SMILES string of the molecule is O=C(O)c1c(NS(=O)(=O)c2ccc(F)cc2/C=C\CNN2CC[C@H](O)C2)ccc2c1OCC1CC21. The Labute approximate surface area is 202 Å². The zero-order chi connectivity index (χ0) is 24.7. The van der Waals surface area contributed by atoms with E-state index >= 15 is 0 Å². The summed E-state index contributed by atoms with van der Waals surface area (Å²) < 4.78 is 48.6. The molecule has 3 atom stereocenters. The summed E-state index contributed by atoms with van der Waals surface area (Å²) >= 11 is 0. The third-order valence-corrected chi connectivity index (χ3v) is 8.00. The number of ether oxygens (including phenoxy) is 1. The Bertz CT molecular complexity index is 1300. The van der Waals surface area contributed by atoms with Gasteiger partial charge in [-0.25, -0.2) is 22.6 Å². The van der Waals surface area contributed by atoms with Crippen LogP contribution in [0.25, 0.3) is 6.08 Å². The van der Waals surface area contributed by atoms with E-state index in [0.29, 0.717) is 38.6 Å². The monoisotopic (exact) mass is 503 g/mol. The molecule has 2 heterocycles. The first-order chi connectivity index (χ1) is 16.7. The van der Waals surface area contributed by atoms with E-state index in [2.05, 4.69) is 10.1 Å². The minimum atomic E-state index is -4.26. The predicted octanol–water partition coefficient (Wildman–Crippen LogP) is 2.41. The number of aromatic carboxylic acids is 1. The van der Waals surface area contributed by atoms with Gasteiger partial charge in [0, 0.05) is 25.6 Å². The molecule has 35 heavy (non-hydrogen) atoms. The van der Waals surface area contributed by atoms with Crippen molar-refractivity contribution in [3.63, 3.8) is 0 Å². The highest BCUT2D eigenvalue weighted by molar-refractivity contribution is 7.92. The van der Waals surface area contributed by atoms with Crippen molar-refractivity contribution in [2.45, 2.75) is 29.8 Å². The minimum absolute atomic E-state index is 0.108. The fourth-order valence-corrected chi connectivity index (χ4v) is 5.95. The molecule has 1 saturated heterocycles. The Hall–Kier alpha value is -2.99. The van der Waals surface area contributed by atoms with E-state index in [1.807, 2.05) is 5.01 Å². The van der Waals surface area contributed by atoms with Crippen molar-refractivity contribution in [3.05, 3.63) is 58.9 Å². The van der Waals surface area contributed by atoms with Crippen LogP contribution in [0.1, 0.15) is 40.2 Å². The number of rotatable bonds is 8. The van der Waals surface area contributed by atoms with Crippen molar-refractivity contribution < 1.29 is 32.6 Å². The highest BCUT2D eigenvalue weighted by Gasteiger charge is 2.45. The van der Waals surface area contributed by atoms with E-state index < -0.39 is 21.8 Å². The van der Waals surface area contributed by atoms with E-state index in [1.54, 1.807) is 12.1 Å². The Morgan fingerprint density at radius 3 is 2.86 bits per heavy atom. The molecule has 0 bridgehead atoms. The lowest BCUT2D eigenvalue weighted by Crippen LogP contribution is -2.36. The molecule has 11 heteroatoms. The first-order valence-electron chi connectivity index (χ1n) is 11.4. The van der Waals surface area contributed by atoms with Crippen LogP contribution >= 0.6 is 0 Å². The topological polar surface area (TPSA) is 128 Å². The van der Waals surface area contributed by atoms with Gasteiger partial charge < -0.3 is 14.9 Å². The van der Waals surface area contributed by atoms with Crippen LogP contribution in [-0.2, 0) is 10.0 Å². The first-order valence-corrected chi connectivity index (χ1v) is 12.9. The number of anilines is 1. The van der Waals surface area contributed by atoms with Crippen molar-refractivity contribution in [2.75, 3.05) is 31.0 Å². The van der Waals surface area contributed by atoms with Gasteiger partial charge in [-0.3, -0.25) is 10.1 Å². The van der Waals surface area contributed by atoms with Crippen LogP contribution in [-0.4, -0.2) is 62.0 Å². The maximum atomic E-state index is 14.0. The van der Waals surface area contributed by atoms with Gasteiger partial charge in [-0.15, -0.1) is 0 Å². The van der Waals surface area contributed by atoms with Crippen LogP contribution in [0.15, 0.2) is 41.3 Å². The molecule has 1 saturated carbocycles. The van der Waals surface area contributed by atoms with Gasteiger partial charge in [0.1, 0.15) is 17.1 Å². The zero-order valence-electron chi connectivity index (χ0n) is 18.8. The molecule has 0 spiro atoms.